The standard InChI is InChI=1S/C24H28N4O3/c1-13-11-20(26-23-21(13)22(15-5-6-15)27-28(23)3)31-14(2)24(29)25-19-10-7-16-12-17(30-4)8-9-18(16)19/h8-9,11-12,14-15,19H,5-7,10H2,1-4H3,(H,25,29)/t14?,19-/m0/s1. The van der Waals surface area contributed by atoms with Crippen LogP contribution in [0.4, 0.5) is 0 Å². The van der Waals surface area contributed by atoms with Gasteiger partial charge in [-0.3, -0.25) is 9.48 Å². The van der Waals surface area contributed by atoms with Crippen molar-refractivity contribution in [3.8, 4) is 11.6 Å². The first-order chi connectivity index (χ1) is 14.9. The summed E-state index contributed by atoms with van der Waals surface area (Å²) in [5.41, 5.74) is 5.41. The van der Waals surface area contributed by atoms with Crippen molar-refractivity contribution in [1.29, 1.82) is 0 Å². The number of aromatic nitrogens is 3. The Morgan fingerprint density at radius 2 is 2.06 bits per heavy atom. The third-order valence-electron chi connectivity index (χ3n) is 6.37. The van der Waals surface area contributed by atoms with Crippen LogP contribution in [-0.2, 0) is 18.3 Å². The Labute approximate surface area is 181 Å². The van der Waals surface area contributed by atoms with Gasteiger partial charge in [0.15, 0.2) is 11.8 Å². The molecule has 7 heteroatoms. The van der Waals surface area contributed by atoms with Crippen LogP contribution in [0.15, 0.2) is 24.3 Å². The number of ether oxygens (including phenoxy) is 2. The second-order valence-corrected chi connectivity index (χ2v) is 8.68. The maximum atomic E-state index is 12.8. The lowest BCUT2D eigenvalue weighted by atomic mass is 10.1. The van der Waals surface area contributed by atoms with Gasteiger partial charge in [0, 0.05) is 24.4 Å². The summed E-state index contributed by atoms with van der Waals surface area (Å²) in [6, 6.07) is 7.93. The Hall–Kier alpha value is -3.09. The summed E-state index contributed by atoms with van der Waals surface area (Å²) in [4.78, 5) is 17.5. The van der Waals surface area contributed by atoms with E-state index in [1.165, 1.54) is 18.4 Å². The van der Waals surface area contributed by atoms with E-state index < -0.39 is 6.10 Å². The monoisotopic (exact) mass is 420 g/mol. The van der Waals surface area contributed by atoms with Crippen LogP contribution in [-0.4, -0.2) is 33.9 Å². The molecule has 2 aliphatic carbocycles. The second kappa shape index (κ2) is 7.55. The Kier molecular flexibility index (Phi) is 4.84. The lowest BCUT2D eigenvalue weighted by Crippen LogP contribution is -2.38. The number of hydrogen-bond donors (Lipinski definition) is 1. The van der Waals surface area contributed by atoms with Gasteiger partial charge in [-0.25, -0.2) is 0 Å². The fourth-order valence-corrected chi connectivity index (χ4v) is 4.53. The molecule has 2 atom stereocenters. The zero-order valence-electron chi connectivity index (χ0n) is 18.4. The Bertz CT molecular complexity index is 1170. The van der Waals surface area contributed by atoms with Crippen molar-refractivity contribution < 1.29 is 14.3 Å². The first kappa shape index (κ1) is 19.8. The number of nitrogens with zero attached hydrogens (tertiary/aromatic N) is 3. The van der Waals surface area contributed by atoms with Crippen LogP contribution in [0.5, 0.6) is 11.6 Å². The van der Waals surface area contributed by atoms with Crippen LogP contribution in [0.1, 0.15) is 60.5 Å². The summed E-state index contributed by atoms with van der Waals surface area (Å²) in [5, 5.41) is 8.93. The maximum Gasteiger partial charge on any atom is 0.261 e. The number of pyridine rings is 1. The molecule has 0 radical (unpaired) electrons. The van der Waals surface area contributed by atoms with E-state index in [2.05, 4.69) is 22.3 Å². The SMILES string of the molecule is COc1ccc2c(c1)CC[C@@H]2NC(=O)C(C)Oc1cc(C)c2c(C3CC3)nn(C)c2n1. The van der Waals surface area contributed by atoms with Gasteiger partial charge in [0.25, 0.3) is 5.91 Å². The van der Waals surface area contributed by atoms with E-state index in [0.29, 0.717) is 11.8 Å². The van der Waals surface area contributed by atoms with Crippen LogP contribution in [0.3, 0.4) is 0 Å². The number of carbonyl (C=O) groups excluding carboxylic acids is 1. The molecule has 5 rings (SSSR count). The molecule has 3 aromatic rings. The van der Waals surface area contributed by atoms with Crippen molar-refractivity contribution in [3.63, 3.8) is 0 Å². The van der Waals surface area contributed by atoms with E-state index in [4.69, 9.17) is 9.47 Å². The van der Waals surface area contributed by atoms with Crippen LogP contribution < -0.4 is 14.8 Å². The van der Waals surface area contributed by atoms with E-state index >= 15 is 0 Å². The fraction of sp³-hybridized carbons (Fsp3) is 0.458. The molecule has 1 N–H and O–H groups in total. The highest BCUT2D eigenvalue weighted by molar-refractivity contribution is 5.84. The molecule has 1 unspecified atom stereocenters. The van der Waals surface area contributed by atoms with Crippen LogP contribution >= 0.6 is 0 Å². The van der Waals surface area contributed by atoms with E-state index in [9.17, 15) is 4.79 Å². The molecule has 0 aliphatic heterocycles. The quantitative estimate of drug-likeness (QED) is 0.657. The zero-order valence-corrected chi connectivity index (χ0v) is 18.4. The number of amides is 1. The zero-order chi connectivity index (χ0) is 21.7. The highest BCUT2D eigenvalue weighted by Gasteiger charge is 2.31. The Balaban J connectivity index is 1.30. The number of methoxy groups -OCH3 is 1. The van der Waals surface area contributed by atoms with Crippen molar-refractivity contribution in [2.45, 2.75) is 57.6 Å². The van der Waals surface area contributed by atoms with Crippen molar-refractivity contribution in [3.05, 3.63) is 46.6 Å². The minimum absolute atomic E-state index is 0.00481. The number of hydrogen-bond acceptors (Lipinski definition) is 5. The summed E-state index contributed by atoms with van der Waals surface area (Å²) >= 11 is 0. The minimum Gasteiger partial charge on any atom is -0.497 e. The topological polar surface area (TPSA) is 78.3 Å². The van der Waals surface area contributed by atoms with Crippen molar-refractivity contribution >= 4 is 16.9 Å². The summed E-state index contributed by atoms with van der Waals surface area (Å²) in [6.45, 7) is 3.82. The molecular weight excluding hydrogens is 392 g/mol. The molecule has 2 aromatic heterocycles. The number of rotatable bonds is 6. The molecule has 31 heavy (non-hydrogen) atoms. The van der Waals surface area contributed by atoms with Gasteiger partial charge in [0.1, 0.15) is 5.75 Å². The lowest BCUT2D eigenvalue weighted by Gasteiger charge is -2.19. The first-order valence-electron chi connectivity index (χ1n) is 10.9. The van der Waals surface area contributed by atoms with Gasteiger partial charge in [0.2, 0.25) is 5.88 Å². The van der Waals surface area contributed by atoms with E-state index in [1.54, 1.807) is 14.0 Å². The van der Waals surface area contributed by atoms with Crippen LogP contribution in [0.25, 0.3) is 11.0 Å². The summed E-state index contributed by atoms with van der Waals surface area (Å²) < 4.78 is 13.1. The average Bonchev–Trinajstić information content (AvgIpc) is 3.45. The number of nitrogens with one attached hydrogen (secondary N) is 1. The predicted molar refractivity (Wildman–Crippen MR) is 118 cm³/mol. The maximum absolute atomic E-state index is 12.8. The summed E-state index contributed by atoms with van der Waals surface area (Å²) in [7, 11) is 3.58. The van der Waals surface area contributed by atoms with Crippen molar-refractivity contribution in [2.75, 3.05) is 7.11 Å². The first-order valence-corrected chi connectivity index (χ1v) is 10.9. The minimum atomic E-state index is -0.650. The molecule has 1 aromatic carbocycles. The lowest BCUT2D eigenvalue weighted by molar-refractivity contribution is -0.128. The van der Waals surface area contributed by atoms with E-state index in [1.807, 2.05) is 36.0 Å². The van der Waals surface area contributed by atoms with E-state index in [0.717, 1.165) is 46.4 Å². The number of carbonyl (C=O) groups is 1. The normalized spacial score (nSPS) is 18.6. The largest absolute Gasteiger partial charge is 0.497 e. The molecule has 0 saturated heterocycles. The van der Waals surface area contributed by atoms with Crippen LogP contribution in [0, 0.1) is 6.92 Å². The molecule has 2 heterocycles. The highest BCUT2D eigenvalue weighted by atomic mass is 16.5. The van der Waals surface area contributed by atoms with E-state index in [-0.39, 0.29) is 11.9 Å². The molecule has 7 nitrogen and oxygen atoms in total. The molecule has 1 saturated carbocycles. The molecule has 0 spiro atoms. The van der Waals surface area contributed by atoms with Crippen molar-refractivity contribution in [2.24, 2.45) is 7.05 Å². The molecule has 162 valence electrons. The summed E-state index contributed by atoms with van der Waals surface area (Å²) in [6.07, 6.45) is 3.54. The average molecular weight is 421 g/mol. The number of benzene rings is 1. The van der Waals surface area contributed by atoms with Crippen LogP contribution in [0.2, 0.25) is 0 Å². The number of fused-ring (bicyclic) bond motifs is 2. The van der Waals surface area contributed by atoms with Crippen molar-refractivity contribution in [1.82, 2.24) is 20.1 Å². The van der Waals surface area contributed by atoms with Gasteiger partial charge in [-0.2, -0.15) is 10.1 Å². The molecular formula is C24H28N4O3. The Morgan fingerprint density at radius 3 is 2.81 bits per heavy atom. The summed E-state index contributed by atoms with van der Waals surface area (Å²) in [5.74, 6) is 1.71. The number of aryl methyl sites for hydroxylation is 3. The smallest absolute Gasteiger partial charge is 0.261 e. The molecule has 0 bridgehead atoms. The predicted octanol–water partition coefficient (Wildman–Crippen LogP) is 3.73. The van der Waals surface area contributed by atoms with Gasteiger partial charge >= 0.3 is 0 Å². The van der Waals surface area contributed by atoms with Gasteiger partial charge in [0.05, 0.1) is 18.8 Å². The van der Waals surface area contributed by atoms with Gasteiger partial charge < -0.3 is 14.8 Å². The Morgan fingerprint density at radius 1 is 1.26 bits per heavy atom. The van der Waals surface area contributed by atoms with Gasteiger partial charge in [-0.05, 0) is 68.4 Å². The second-order valence-electron chi connectivity index (χ2n) is 8.68. The van der Waals surface area contributed by atoms with Gasteiger partial charge in [-0.1, -0.05) is 6.07 Å². The molecule has 1 amide bonds. The highest BCUT2D eigenvalue weighted by Crippen LogP contribution is 2.43. The molecule has 2 aliphatic rings. The molecule has 1 fully saturated rings. The third kappa shape index (κ3) is 3.62. The van der Waals surface area contributed by atoms with Gasteiger partial charge in [-0.15, -0.1) is 0 Å². The third-order valence-corrected chi connectivity index (χ3v) is 6.37. The fourth-order valence-electron chi connectivity index (χ4n) is 4.53.